The number of amides is 1. The predicted molar refractivity (Wildman–Crippen MR) is 150 cm³/mol. The van der Waals surface area contributed by atoms with Crippen molar-refractivity contribution < 1.29 is 19.0 Å². The lowest BCUT2D eigenvalue weighted by molar-refractivity contribution is 0.0925. The molecular weight excluding hydrogens is 476 g/mol. The van der Waals surface area contributed by atoms with Crippen molar-refractivity contribution >= 4 is 5.91 Å². The van der Waals surface area contributed by atoms with Gasteiger partial charge in [-0.1, -0.05) is 24.3 Å². The highest BCUT2D eigenvalue weighted by atomic mass is 16.5. The minimum atomic E-state index is -0.0426. The van der Waals surface area contributed by atoms with E-state index in [1.807, 2.05) is 42.5 Å². The number of carbonyl (C=O) groups excluding carboxylic acids is 1. The van der Waals surface area contributed by atoms with E-state index < -0.39 is 0 Å². The van der Waals surface area contributed by atoms with Crippen LogP contribution in [-0.4, -0.2) is 45.4 Å². The smallest absolute Gasteiger partial charge is 0.251 e. The van der Waals surface area contributed by atoms with Gasteiger partial charge in [0.25, 0.3) is 5.91 Å². The van der Waals surface area contributed by atoms with Crippen LogP contribution in [0, 0.1) is 0 Å². The molecule has 1 saturated carbocycles. The molecule has 2 N–H and O–H groups in total. The third-order valence-corrected chi connectivity index (χ3v) is 7.81. The molecule has 2 aliphatic rings. The van der Waals surface area contributed by atoms with Crippen LogP contribution in [0.3, 0.4) is 0 Å². The lowest BCUT2D eigenvalue weighted by Gasteiger charge is -2.30. The van der Waals surface area contributed by atoms with Crippen molar-refractivity contribution in [2.45, 2.75) is 56.6 Å². The van der Waals surface area contributed by atoms with Crippen molar-refractivity contribution in [3.8, 4) is 28.4 Å². The third-order valence-electron chi connectivity index (χ3n) is 7.81. The Morgan fingerprint density at radius 3 is 2.39 bits per heavy atom. The Labute approximate surface area is 225 Å². The Hall–Kier alpha value is -3.51. The van der Waals surface area contributed by atoms with Crippen LogP contribution in [0.4, 0.5) is 0 Å². The maximum absolute atomic E-state index is 13.2. The number of ether oxygens (including phenoxy) is 3. The largest absolute Gasteiger partial charge is 0.497 e. The summed E-state index contributed by atoms with van der Waals surface area (Å²) in [5.41, 5.74) is 3.81. The molecule has 200 valence electrons. The highest BCUT2D eigenvalue weighted by molar-refractivity contribution is 5.96. The Morgan fingerprint density at radius 2 is 1.68 bits per heavy atom. The summed E-state index contributed by atoms with van der Waals surface area (Å²) < 4.78 is 17.1. The zero-order valence-corrected chi connectivity index (χ0v) is 22.4. The van der Waals surface area contributed by atoms with Crippen LogP contribution in [0.2, 0.25) is 0 Å². The van der Waals surface area contributed by atoms with E-state index in [2.05, 4.69) is 34.9 Å². The lowest BCUT2D eigenvalue weighted by Crippen LogP contribution is -2.37. The average molecular weight is 515 g/mol. The summed E-state index contributed by atoms with van der Waals surface area (Å²) in [5.74, 6) is 2.92. The van der Waals surface area contributed by atoms with Gasteiger partial charge in [-0.25, -0.2) is 0 Å². The van der Waals surface area contributed by atoms with Gasteiger partial charge in [0, 0.05) is 23.7 Å². The van der Waals surface area contributed by atoms with E-state index in [-0.39, 0.29) is 18.1 Å². The fraction of sp³-hybridized carbons (Fsp3) is 0.406. The van der Waals surface area contributed by atoms with Gasteiger partial charge >= 0.3 is 0 Å². The number of hydrogen-bond donors (Lipinski definition) is 2. The molecule has 6 nitrogen and oxygen atoms in total. The molecule has 3 aromatic carbocycles. The van der Waals surface area contributed by atoms with E-state index >= 15 is 0 Å². The number of hydrogen-bond acceptors (Lipinski definition) is 5. The Balaban J connectivity index is 1.17. The van der Waals surface area contributed by atoms with Gasteiger partial charge in [0.1, 0.15) is 23.4 Å². The molecular formula is C32H38N2O4. The number of methoxy groups -OCH3 is 2. The molecule has 5 rings (SSSR count). The first-order valence-corrected chi connectivity index (χ1v) is 13.7. The van der Waals surface area contributed by atoms with Gasteiger partial charge in [-0.05, 0) is 105 Å². The van der Waals surface area contributed by atoms with Crippen molar-refractivity contribution in [3.63, 3.8) is 0 Å². The van der Waals surface area contributed by atoms with Crippen molar-refractivity contribution in [3.05, 3.63) is 77.9 Å². The van der Waals surface area contributed by atoms with Crippen LogP contribution < -0.4 is 24.8 Å². The van der Waals surface area contributed by atoms with E-state index in [9.17, 15) is 4.79 Å². The molecule has 1 aliphatic carbocycles. The molecule has 1 heterocycles. The molecule has 1 aliphatic heterocycles. The monoisotopic (exact) mass is 514 g/mol. The van der Waals surface area contributed by atoms with E-state index in [4.69, 9.17) is 14.2 Å². The van der Waals surface area contributed by atoms with E-state index in [0.29, 0.717) is 11.5 Å². The molecule has 6 heteroatoms. The van der Waals surface area contributed by atoms with Crippen LogP contribution in [0.15, 0.2) is 66.7 Å². The van der Waals surface area contributed by atoms with Gasteiger partial charge in [-0.15, -0.1) is 0 Å². The maximum Gasteiger partial charge on any atom is 0.251 e. The molecule has 2 fully saturated rings. The summed E-state index contributed by atoms with van der Waals surface area (Å²) >= 11 is 0. The summed E-state index contributed by atoms with van der Waals surface area (Å²) in [7, 11) is 3.29. The lowest BCUT2D eigenvalue weighted by atomic mass is 9.81. The van der Waals surface area contributed by atoms with Crippen molar-refractivity contribution in [1.82, 2.24) is 10.6 Å². The summed E-state index contributed by atoms with van der Waals surface area (Å²) in [6.45, 7) is 2.02. The van der Waals surface area contributed by atoms with Crippen LogP contribution in [0.5, 0.6) is 17.2 Å². The Morgan fingerprint density at radius 1 is 0.868 bits per heavy atom. The summed E-state index contributed by atoms with van der Waals surface area (Å²) in [4.78, 5) is 13.2. The fourth-order valence-corrected chi connectivity index (χ4v) is 5.64. The molecule has 3 aromatic rings. The summed E-state index contributed by atoms with van der Waals surface area (Å²) in [5, 5.41) is 6.67. The van der Waals surface area contributed by atoms with Crippen molar-refractivity contribution in [2.24, 2.45) is 0 Å². The molecule has 0 bridgehead atoms. The quantitative estimate of drug-likeness (QED) is 0.388. The second-order valence-corrected chi connectivity index (χ2v) is 10.3. The van der Waals surface area contributed by atoms with Crippen LogP contribution in [0.1, 0.15) is 60.4 Å². The number of rotatable bonds is 8. The second kappa shape index (κ2) is 12.4. The second-order valence-electron chi connectivity index (χ2n) is 10.3. The van der Waals surface area contributed by atoms with Gasteiger partial charge < -0.3 is 24.8 Å². The Kier molecular flexibility index (Phi) is 8.49. The average Bonchev–Trinajstić information content (AvgIpc) is 2.98. The molecule has 1 saturated heterocycles. The van der Waals surface area contributed by atoms with Gasteiger partial charge in [0.05, 0.1) is 14.2 Å². The first kappa shape index (κ1) is 26.1. The molecule has 0 spiro atoms. The third kappa shape index (κ3) is 6.30. The normalized spacial score (nSPS) is 21.4. The minimum absolute atomic E-state index is 0.0426. The highest BCUT2D eigenvalue weighted by Crippen LogP contribution is 2.35. The topological polar surface area (TPSA) is 68.8 Å². The van der Waals surface area contributed by atoms with Crippen LogP contribution >= 0.6 is 0 Å². The highest BCUT2D eigenvalue weighted by Gasteiger charge is 2.24. The van der Waals surface area contributed by atoms with Crippen molar-refractivity contribution in [2.75, 3.05) is 27.3 Å². The van der Waals surface area contributed by atoms with Gasteiger partial charge in [0.15, 0.2) is 0 Å². The number of piperidine rings is 1. The minimum Gasteiger partial charge on any atom is -0.497 e. The zero-order chi connectivity index (χ0) is 26.3. The SMILES string of the molecule is COc1cccc(-c2cc(C(=O)NC3CCC(c4ccc(OC5CCCNC5)cc4)CC3)ccc2OC)c1. The van der Waals surface area contributed by atoms with Crippen LogP contribution in [0.25, 0.3) is 11.1 Å². The Bertz CT molecular complexity index is 1210. The zero-order valence-electron chi connectivity index (χ0n) is 22.4. The summed E-state index contributed by atoms with van der Waals surface area (Å²) in [6.07, 6.45) is 6.63. The number of benzene rings is 3. The van der Waals surface area contributed by atoms with E-state index in [0.717, 1.165) is 73.6 Å². The van der Waals surface area contributed by atoms with E-state index in [1.165, 1.54) is 12.0 Å². The molecule has 0 aromatic heterocycles. The molecule has 0 radical (unpaired) electrons. The summed E-state index contributed by atoms with van der Waals surface area (Å²) in [6, 6.07) is 22.2. The van der Waals surface area contributed by atoms with E-state index in [1.54, 1.807) is 14.2 Å². The number of nitrogens with one attached hydrogen (secondary N) is 2. The first-order valence-electron chi connectivity index (χ1n) is 13.7. The van der Waals surface area contributed by atoms with Crippen LogP contribution in [-0.2, 0) is 0 Å². The molecule has 1 atom stereocenters. The molecule has 1 amide bonds. The standard InChI is InChI=1S/C32H38N2O4/c1-36-28-6-3-5-24(19-28)30-20-25(12-17-31(30)37-2)32(35)34-26-13-8-22(9-14-26)23-10-15-27(16-11-23)38-29-7-4-18-33-21-29/h3,5-6,10-12,15-17,19-20,22,26,29,33H,4,7-9,13-14,18,21H2,1-2H3,(H,34,35). The van der Waals surface area contributed by atoms with Gasteiger partial charge in [-0.3, -0.25) is 4.79 Å². The van der Waals surface area contributed by atoms with Gasteiger partial charge in [-0.2, -0.15) is 0 Å². The number of carbonyl (C=O) groups is 1. The fourth-order valence-electron chi connectivity index (χ4n) is 5.64. The predicted octanol–water partition coefficient (Wildman–Crippen LogP) is 5.96. The first-order chi connectivity index (χ1) is 18.6. The molecule has 1 unspecified atom stereocenters. The van der Waals surface area contributed by atoms with Crippen molar-refractivity contribution in [1.29, 1.82) is 0 Å². The van der Waals surface area contributed by atoms with Gasteiger partial charge in [0.2, 0.25) is 0 Å². The maximum atomic E-state index is 13.2. The molecule has 38 heavy (non-hydrogen) atoms.